The fourth-order valence-electron chi connectivity index (χ4n) is 1.46. The lowest BCUT2D eigenvalue weighted by atomic mass is 10.1. The third kappa shape index (κ3) is 2.62. The van der Waals surface area contributed by atoms with Crippen molar-refractivity contribution in [1.29, 1.82) is 0 Å². The molecule has 0 atom stereocenters. The van der Waals surface area contributed by atoms with Crippen LogP contribution in [0.15, 0.2) is 6.07 Å². The van der Waals surface area contributed by atoms with Crippen molar-refractivity contribution in [3.05, 3.63) is 16.7 Å². The van der Waals surface area contributed by atoms with E-state index in [-0.39, 0.29) is 46.6 Å². The summed E-state index contributed by atoms with van der Waals surface area (Å²) in [4.78, 5) is 11.7. The maximum atomic E-state index is 11.7. The van der Waals surface area contributed by atoms with Gasteiger partial charge in [-0.1, -0.05) is 11.6 Å². The Bertz CT molecular complexity index is 434. The van der Waals surface area contributed by atoms with E-state index in [0.29, 0.717) is 0 Å². The Morgan fingerprint density at radius 1 is 1.47 bits per heavy atom. The van der Waals surface area contributed by atoms with Gasteiger partial charge in [0.25, 0.3) is 0 Å². The number of nitrogens with two attached hydrogens (primary N) is 1. The number of hydrogen-bond acceptors (Lipinski definition) is 5. The van der Waals surface area contributed by atoms with E-state index in [9.17, 15) is 9.90 Å². The first-order valence-corrected chi connectivity index (χ1v) is 5.31. The van der Waals surface area contributed by atoms with Crippen LogP contribution in [-0.4, -0.2) is 31.7 Å². The van der Waals surface area contributed by atoms with Gasteiger partial charge >= 0.3 is 0 Å². The van der Waals surface area contributed by atoms with Crippen LogP contribution in [0, 0.1) is 0 Å². The number of halogens is 1. The standard InChI is InChI=1S/C11H14ClNO4/c1-16-8-5-7(15)9(6(14)3-4-13)10(12)11(8)17-2/h5,15H,3-4,13H2,1-2H3. The van der Waals surface area contributed by atoms with Gasteiger partial charge in [0.15, 0.2) is 17.3 Å². The van der Waals surface area contributed by atoms with Gasteiger partial charge in [-0.2, -0.15) is 0 Å². The van der Waals surface area contributed by atoms with Crippen LogP contribution in [0.5, 0.6) is 17.2 Å². The number of aromatic hydroxyl groups is 1. The van der Waals surface area contributed by atoms with E-state index in [1.165, 1.54) is 20.3 Å². The van der Waals surface area contributed by atoms with Gasteiger partial charge in [0.05, 0.1) is 19.8 Å². The third-order valence-electron chi connectivity index (χ3n) is 2.24. The Hall–Kier alpha value is -1.46. The average molecular weight is 260 g/mol. The summed E-state index contributed by atoms with van der Waals surface area (Å²) in [5, 5.41) is 9.77. The zero-order chi connectivity index (χ0) is 13.0. The minimum Gasteiger partial charge on any atom is -0.507 e. The van der Waals surface area contributed by atoms with Crippen molar-refractivity contribution in [3.8, 4) is 17.2 Å². The van der Waals surface area contributed by atoms with Crippen LogP contribution >= 0.6 is 11.6 Å². The number of hydrogen-bond donors (Lipinski definition) is 2. The summed E-state index contributed by atoms with van der Waals surface area (Å²) in [5.41, 5.74) is 5.30. The van der Waals surface area contributed by atoms with E-state index in [1.807, 2.05) is 0 Å². The summed E-state index contributed by atoms with van der Waals surface area (Å²) < 4.78 is 10.0. The maximum Gasteiger partial charge on any atom is 0.180 e. The molecule has 0 radical (unpaired) electrons. The lowest BCUT2D eigenvalue weighted by molar-refractivity contribution is 0.0982. The minimum atomic E-state index is -0.337. The molecular formula is C11H14ClNO4. The largest absolute Gasteiger partial charge is 0.507 e. The molecule has 5 nitrogen and oxygen atoms in total. The maximum absolute atomic E-state index is 11.7. The van der Waals surface area contributed by atoms with Crippen molar-refractivity contribution in [2.75, 3.05) is 20.8 Å². The molecule has 0 aliphatic rings. The molecule has 0 aromatic heterocycles. The quantitative estimate of drug-likeness (QED) is 0.785. The molecule has 0 heterocycles. The molecule has 17 heavy (non-hydrogen) atoms. The number of carbonyl (C=O) groups is 1. The second kappa shape index (κ2) is 5.75. The van der Waals surface area contributed by atoms with Gasteiger partial charge in [-0.05, 0) is 6.54 Å². The molecular weight excluding hydrogens is 246 g/mol. The highest BCUT2D eigenvalue weighted by Crippen LogP contribution is 2.42. The molecule has 0 aliphatic heterocycles. The topological polar surface area (TPSA) is 81.8 Å². The molecule has 3 N–H and O–H groups in total. The first-order chi connectivity index (χ1) is 8.06. The lowest BCUT2D eigenvalue weighted by Crippen LogP contribution is -2.09. The first-order valence-electron chi connectivity index (χ1n) is 4.93. The molecule has 0 spiro atoms. The second-order valence-corrected chi connectivity index (χ2v) is 3.66. The number of phenolic OH excluding ortho intramolecular Hbond substituents is 1. The molecule has 1 aromatic carbocycles. The van der Waals surface area contributed by atoms with E-state index in [4.69, 9.17) is 26.8 Å². The summed E-state index contributed by atoms with van der Waals surface area (Å²) >= 11 is 6.00. The molecule has 0 saturated heterocycles. The van der Waals surface area contributed by atoms with Gasteiger partial charge in [-0.3, -0.25) is 4.79 Å². The predicted octanol–water partition coefficient (Wildman–Crippen LogP) is 1.59. The van der Waals surface area contributed by atoms with Crippen molar-refractivity contribution in [3.63, 3.8) is 0 Å². The molecule has 0 amide bonds. The first kappa shape index (κ1) is 13.6. The van der Waals surface area contributed by atoms with Crippen molar-refractivity contribution in [1.82, 2.24) is 0 Å². The van der Waals surface area contributed by atoms with E-state index < -0.39 is 0 Å². The Kier molecular flexibility index (Phi) is 4.60. The van der Waals surface area contributed by atoms with E-state index >= 15 is 0 Å². The lowest BCUT2D eigenvalue weighted by Gasteiger charge is -2.13. The molecule has 0 fully saturated rings. The van der Waals surface area contributed by atoms with Crippen molar-refractivity contribution in [2.24, 2.45) is 5.73 Å². The smallest absolute Gasteiger partial charge is 0.180 e. The summed E-state index contributed by atoms with van der Waals surface area (Å²) in [7, 11) is 2.81. The Morgan fingerprint density at radius 2 is 2.12 bits per heavy atom. The normalized spacial score (nSPS) is 10.1. The number of rotatable bonds is 5. The fraction of sp³-hybridized carbons (Fsp3) is 0.364. The number of ketones is 1. The second-order valence-electron chi connectivity index (χ2n) is 3.28. The average Bonchev–Trinajstić information content (AvgIpc) is 2.28. The van der Waals surface area contributed by atoms with Crippen LogP contribution in [0.3, 0.4) is 0 Å². The summed E-state index contributed by atoms with van der Waals surface area (Å²) in [6, 6.07) is 1.29. The van der Waals surface area contributed by atoms with Crippen LogP contribution in [0.2, 0.25) is 5.02 Å². The number of benzene rings is 1. The number of methoxy groups -OCH3 is 2. The SMILES string of the molecule is COc1cc(O)c(C(=O)CCN)c(Cl)c1OC. The highest BCUT2D eigenvalue weighted by Gasteiger charge is 2.22. The van der Waals surface area contributed by atoms with E-state index in [0.717, 1.165) is 0 Å². The summed E-state index contributed by atoms with van der Waals surface area (Å²) in [6.07, 6.45) is 0.1000. The van der Waals surface area contributed by atoms with Crippen molar-refractivity contribution in [2.45, 2.75) is 6.42 Å². The van der Waals surface area contributed by atoms with Crippen LogP contribution < -0.4 is 15.2 Å². The van der Waals surface area contributed by atoms with Crippen molar-refractivity contribution >= 4 is 17.4 Å². The van der Waals surface area contributed by atoms with E-state index in [1.54, 1.807) is 0 Å². The number of Topliss-reactive ketones (excluding diaryl/α,β-unsaturated/α-hetero) is 1. The van der Waals surface area contributed by atoms with Crippen LogP contribution in [0.25, 0.3) is 0 Å². The van der Waals surface area contributed by atoms with E-state index in [2.05, 4.69) is 0 Å². The number of carbonyl (C=O) groups excluding carboxylic acids is 1. The zero-order valence-corrected chi connectivity index (χ0v) is 10.4. The van der Waals surface area contributed by atoms with Gasteiger partial charge < -0.3 is 20.3 Å². The van der Waals surface area contributed by atoms with Gasteiger partial charge in [-0.15, -0.1) is 0 Å². The zero-order valence-electron chi connectivity index (χ0n) is 9.62. The molecule has 1 aromatic rings. The van der Waals surface area contributed by atoms with Crippen molar-refractivity contribution < 1.29 is 19.4 Å². The predicted molar refractivity (Wildman–Crippen MR) is 64.2 cm³/mol. The Labute approximate surface area is 104 Å². The van der Waals surface area contributed by atoms with Crippen LogP contribution in [0.4, 0.5) is 0 Å². The van der Waals surface area contributed by atoms with Gasteiger partial charge in [-0.25, -0.2) is 0 Å². The molecule has 0 bridgehead atoms. The minimum absolute atomic E-state index is 0.00904. The summed E-state index contributed by atoms with van der Waals surface area (Å²) in [6.45, 7) is 0.183. The van der Waals surface area contributed by atoms with Crippen LogP contribution in [-0.2, 0) is 0 Å². The fourth-order valence-corrected chi connectivity index (χ4v) is 1.83. The number of phenols is 1. The molecule has 94 valence electrons. The van der Waals surface area contributed by atoms with Gasteiger partial charge in [0.1, 0.15) is 10.8 Å². The van der Waals surface area contributed by atoms with Gasteiger partial charge in [0.2, 0.25) is 0 Å². The van der Waals surface area contributed by atoms with Gasteiger partial charge in [0, 0.05) is 12.5 Å². The highest BCUT2D eigenvalue weighted by molar-refractivity contribution is 6.36. The molecule has 1 rings (SSSR count). The summed E-state index contributed by atoms with van der Waals surface area (Å²) in [5.74, 6) is -0.103. The molecule has 0 saturated carbocycles. The van der Waals surface area contributed by atoms with Crippen LogP contribution in [0.1, 0.15) is 16.8 Å². The Balaban J connectivity index is 3.36. The Morgan fingerprint density at radius 3 is 2.59 bits per heavy atom. The monoisotopic (exact) mass is 259 g/mol. The third-order valence-corrected chi connectivity index (χ3v) is 2.60. The molecule has 6 heteroatoms. The molecule has 0 unspecified atom stereocenters. The number of ether oxygens (including phenoxy) is 2. The highest BCUT2D eigenvalue weighted by atomic mass is 35.5. The molecule has 0 aliphatic carbocycles.